The molecule has 1 aromatic heterocycles. The fourth-order valence-corrected chi connectivity index (χ4v) is 5.38. The molecule has 0 fully saturated rings. The van der Waals surface area contributed by atoms with Gasteiger partial charge in [-0.3, -0.25) is 10.1 Å². The van der Waals surface area contributed by atoms with Gasteiger partial charge in [0.2, 0.25) is 15.2 Å². The molecule has 27 heavy (non-hydrogen) atoms. The van der Waals surface area contributed by atoms with Crippen LogP contribution in [0.2, 0.25) is 0 Å². The number of hydrogen-bond acceptors (Lipinski definition) is 9. The van der Waals surface area contributed by atoms with Gasteiger partial charge in [-0.15, -0.1) is 10.2 Å². The SMILES string of the molecule is CC(C)Nc1nnc(Sc2ccc(S(=O)(=O)NC(C)(C)C)cc2[N+](=O)[O-])s1. The summed E-state index contributed by atoms with van der Waals surface area (Å²) < 4.78 is 27.9. The van der Waals surface area contributed by atoms with E-state index in [4.69, 9.17) is 0 Å². The average molecular weight is 432 g/mol. The largest absolute Gasteiger partial charge is 0.358 e. The third-order valence-corrected chi connectivity index (χ3v) is 6.62. The van der Waals surface area contributed by atoms with E-state index in [0.717, 1.165) is 17.8 Å². The molecule has 148 valence electrons. The highest BCUT2D eigenvalue weighted by atomic mass is 32.2. The minimum Gasteiger partial charge on any atom is -0.358 e. The van der Waals surface area contributed by atoms with Crippen molar-refractivity contribution >= 4 is 43.9 Å². The van der Waals surface area contributed by atoms with E-state index < -0.39 is 20.5 Å². The van der Waals surface area contributed by atoms with Gasteiger partial charge in [0.05, 0.1) is 14.7 Å². The molecule has 1 heterocycles. The van der Waals surface area contributed by atoms with Crippen LogP contribution in [0.25, 0.3) is 0 Å². The molecule has 2 rings (SSSR count). The molecule has 0 atom stereocenters. The Kier molecular flexibility index (Phi) is 6.45. The Morgan fingerprint density at radius 1 is 1.26 bits per heavy atom. The Morgan fingerprint density at radius 3 is 2.48 bits per heavy atom. The van der Waals surface area contributed by atoms with E-state index in [1.54, 1.807) is 20.8 Å². The van der Waals surface area contributed by atoms with Gasteiger partial charge in [0.1, 0.15) is 0 Å². The first-order valence-electron chi connectivity index (χ1n) is 7.98. The summed E-state index contributed by atoms with van der Waals surface area (Å²) in [6, 6.07) is 4.00. The lowest BCUT2D eigenvalue weighted by molar-refractivity contribution is -0.388. The molecule has 0 aliphatic carbocycles. The maximum absolute atomic E-state index is 12.4. The molecule has 2 aromatic rings. The molecule has 0 radical (unpaired) electrons. The zero-order valence-corrected chi connectivity index (χ0v) is 18.0. The molecule has 9 nitrogen and oxygen atoms in total. The van der Waals surface area contributed by atoms with Gasteiger partial charge in [-0.1, -0.05) is 11.3 Å². The normalized spacial score (nSPS) is 12.4. The number of sulfonamides is 1. The highest BCUT2D eigenvalue weighted by Crippen LogP contribution is 2.38. The molecular formula is C15H21N5O4S3. The number of nitro groups is 1. The Balaban J connectivity index is 2.33. The number of benzene rings is 1. The van der Waals surface area contributed by atoms with E-state index in [9.17, 15) is 18.5 Å². The van der Waals surface area contributed by atoms with E-state index in [1.807, 2.05) is 13.8 Å². The maximum atomic E-state index is 12.4. The summed E-state index contributed by atoms with van der Waals surface area (Å²) in [5, 5.41) is 23.2. The molecule has 0 aliphatic heterocycles. The van der Waals surface area contributed by atoms with Crippen molar-refractivity contribution in [3.63, 3.8) is 0 Å². The number of nitrogens with one attached hydrogen (secondary N) is 2. The van der Waals surface area contributed by atoms with Crippen LogP contribution in [0.15, 0.2) is 32.3 Å². The van der Waals surface area contributed by atoms with Crippen LogP contribution in [0.5, 0.6) is 0 Å². The zero-order chi connectivity index (χ0) is 20.4. The first-order valence-corrected chi connectivity index (χ1v) is 11.1. The molecule has 0 unspecified atom stereocenters. The predicted octanol–water partition coefficient (Wildman–Crippen LogP) is 3.49. The fourth-order valence-electron chi connectivity index (χ4n) is 2.01. The van der Waals surface area contributed by atoms with Crippen molar-refractivity contribution in [2.45, 2.75) is 60.3 Å². The van der Waals surface area contributed by atoms with Crippen LogP contribution in [0, 0.1) is 10.1 Å². The molecule has 0 amide bonds. The van der Waals surface area contributed by atoms with Crippen molar-refractivity contribution < 1.29 is 13.3 Å². The molecular weight excluding hydrogens is 410 g/mol. The van der Waals surface area contributed by atoms with Crippen molar-refractivity contribution in [2.75, 3.05) is 5.32 Å². The van der Waals surface area contributed by atoms with Gasteiger partial charge in [0, 0.05) is 17.6 Å². The van der Waals surface area contributed by atoms with E-state index in [1.165, 1.54) is 23.5 Å². The third-order valence-electron chi connectivity index (χ3n) is 2.89. The smallest absolute Gasteiger partial charge is 0.284 e. The summed E-state index contributed by atoms with van der Waals surface area (Å²) in [6.45, 7) is 9.01. The maximum Gasteiger partial charge on any atom is 0.284 e. The van der Waals surface area contributed by atoms with Crippen molar-refractivity contribution in [1.29, 1.82) is 0 Å². The minimum absolute atomic E-state index is 0.159. The zero-order valence-electron chi connectivity index (χ0n) is 15.5. The number of hydrogen-bond donors (Lipinski definition) is 2. The van der Waals surface area contributed by atoms with Crippen LogP contribution < -0.4 is 10.0 Å². The second-order valence-electron chi connectivity index (χ2n) is 7.02. The van der Waals surface area contributed by atoms with Gasteiger partial charge in [-0.2, -0.15) is 0 Å². The summed E-state index contributed by atoms with van der Waals surface area (Å²) in [7, 11) is -3.87. The van der Waals surface area contributed by atoms with Crippen LogP contribution in [0.1, 0.15) is 34.6 Å². The van der Waals surface area contributed by atoms with Crippen LogP contribution >= 0.6 is 23.1 Å². The quantitative estimate of drug-likeness (QED) is 0.504. The lowest BCUT2D eigenvalue weighted by Gasteiger charge is -2.20. The molecule has 2 N–H and O–H groups in total. The summed E-state index contributed by atoms with van der Waals surface area (Å²) in [6.07, 6.45) is 0. The van der Waals surface area contributed by atoms with Crippen molar-refractivity contribution in [3.8, 4) is 0 Å². The number of nitrogens with zero attached hydrogens (tertiary/aromatic N) is 3. The van der Waals surface area contributed by atoms with Crippen molar-refractivity contribution in [3.05, 3.63) is 28.3 Å². The molecule has 0 saturated carbocycles. The lowest BCUT2D eigenvalue weighted by Crippen LogP contribution is -2.40. The number of rotatable bonds is 7. The topological polar surface area (TPSA) is 127 Å². The third kappa shape index (κ3) is 6.13. The second kappa shape index (κ2) is 8.09. The van der Waals surface area contributed by atoms with Crippen molar-refractivity contribution in [2.24, 2.45) is 0 Å². The Bertz CT molecular complexity index is 935. The summed E-state index contributed by atoms with van der Waals surface area (Å²) in [5.41, 5.74) is -1.00. The second-order valence-corrected chi connectivity index (χ2v) is 11.0. The molecule has 0 aliphatic rings. The number of nitro benzene ring substituents is 1. The standard InChI is InChI=1S/C15H21N5O4S3/c1-9(2)16-13-17-18-14(26-13)25-12-7-6-10(8-11(12)20(21)22)27(23,24)19-15(3,4)5/h6-9,19H,1-5H3,(H,16,17). The van der Waals surface area contributed by atoms with E-state index in [0.29, 0.717) is 14.4 Å². The van der Waals surface area contributed by atoms with Crippen LogP contribution in [0.4, 0.5) is 10.8 Å². The monoisotopic (exact) mass is 431 g/mol. The molecule has 1 aromatic carbocycles. The predicted molar refractivity (Wildman–Crippen MR) is 106 cm³/mol. The van der Waals surface area contributed by atoms with Crippen LogP contribution in [-0.2, 0) is 10.0 Å². The van der Waals surface area contributed by atoms with Gasteiger partial charge in [-0.25, -0.2) is 13.1 Å². The fraction of sp³-hybridized carbons (Fsp3) is 0.467. The molecule has 12 heteroatoms. The van der Waals surface area contributed by atoms with Gasteiger partial charge >= 0.3 is 0 Å². The van der Waals surface area contributed by atoms with Crippen molar-refractivity contribution in [1.82, 2.24) is 14.9 Å². The van der Waals surface area contributed by atoms with E-state index in [2.05, 4.69) is 20.2 Å². The van der Waals surface area contributed by atoms with Crippen LogP contribution in [0.3, 0.4) is 0 Å². The van der Waals surface area contributed by atoms with Gasteiger partial charge in [0.15, 0.2) is 4.34 Å². The summed E-state index contributed by atoms with van der Waals surface area (Å²) >= 11 is 2.34. The highest BCUT2D eigenvalue weighted by Gasteiger charge is 2.26. The average Bonchev–Trinajstić information content (AvgIpc) is 2.91. The van der Waals surface area contributed by atoms with E-state index in [-0.39, 0.29) is 16.6 Å². The molecule has 0 saturated heterocycles. The Labute approximate surface area is 166 Å². The van der Waals surface area contributed by atoms with Gasteiger partial charge < -0.3 is 5.32 Å². The van der Waals surface area contributed by atoms with Gasteiger partial charge in [-0.05, 0) is 58.5 Å². The highest BCUT2D eigenvalue weighted by molar-refractivity contribution is 8.01. The minimum atomic E-state index is -3.87. The number of anilines is 1. The van der Waals surface area contributed by atoms with E-state index >= 15 is 0 Å². The molecule has 0 spiro atoms. The summed E-state index contributed by atoms with van der Waals surface area (Å²) in [5.74, 6) is 0. The van der Waals surface area contributed by atoms with Crippen LogP contribution in [-0.4, -0.2) is 35.1 Å². The molecule has 0 bridgehead atoms. The Morgan fingerprint density at radius 2 is 1.93 bits per heavy atom. The summed E-state index contributed by atoms with van der Waals surface area (Å²) in [4.78, 5) is 11.0. The Hall–Kier alpha value is -1.76. The van der Waals surface area contributed by atoms with Gasteiger partial charge in [0.25, 0.3) is 5.69 Å². The first kappa shape index (κ1) is 21.5. The lowest BCUT2D eigenvalue weighted by atomic mass is 10.1. The first-order chi connectivity index (χ1) is 12.4. The number of aromatic nitrogens is 2.